The summed E-state index contributed by atoms with van der Waals surface area (Å²) in [5.41, 5.74) is 2.82. The van der Waals surface area contributed by atoms with E-state index in [2.05, 4.69) is 0 Å². The van der Waals surface area contributed by atoms with Crippen molar-refractivity contribution in [3.63, 3.8) is 0 Å². The van der Waals surface area contributed by atoms with Gasteiger partial charge in [-0.15, -0.1) is 0 Å². The van der Waals surface area contributed by atoms with Crippen molar-refractivity contribution in [2.75, 3.05) is 0 Å². The first-order valence-electron chi connectivity index (χ1n) is 9.48. The van der Waals surface area contributed by atoms with Crippen LogP contribution in [-0.4, -0.2) is 11.9 Å². The van der Waals surface area contributed by atoms with Gasteiger partial charge in [0.15, 0.2) is 6.10 Å². The Labute approximate surface area is 157 Å². The Kier molecular flexibility index (Phi) is 4.80. The van der Waals surface area contributed by atoms with Crippen molar-refractivity contribution in [3.05, 3.63) is 75.6 Å². The van der Waals surface area contributed by atoms with Gasteiger partial charge < -0.3 is 9.15 Å². The van der Waals surface area contributed by atoms with E-state index < -0.39 is 6.10 Å². The van der Waals surface area contributed by atoms with E-state index in [4.69, 9.17) is 9.15 Å². The molecule has 0 saturated heterocycles. The van der Waals surface area contributed by atoms with Crippen molar-refractivity contribution in [1.82, 2.24) is 0 Å². The van der Waals surface area contributed by atoms with Gasteiger partial charge in [0, 0.05) is 22.6 Å². The SMILES string of the molecule is CC(Oc1ccc2c3c(c(=O)oc2c1)CCCCC3)C(=O)c1ccccc1. The van der Waals surface area contributed by atoms with E-state index in [9.17, 15) is 9.59 Å². The zero-order valence-corrected chi connectivity index (χ0v) is 15.4. The maximum atomic E-state index is 12.5. The largest absolute Gasteiger partial charge is 0.482 e. The fourth-order valence-corrected chi connectivity index (χ4v) is 3.77. The molecule has 1 aromatic heterocycles. The summed E-state index contributed by atoms with van der Waals surface area (Å²) in [6.07, 6.45) is 4.32. The molecule has 4 rings (SSSR count). The summed E-state index contributed by atoms with van der Waals surface area (Å²) in [5.74, 6) is 0.440. The molecule has 0 N–H and O–H groups in total. The second-order valence-electron chi connectivity index (χ2n) is 7.06. The van der Waals surface area contributed by atoms with Gasteiger partial charge in [0.1, 0.15) is 11.3 Å². The summed E-state index contributed by atoms with van der Waals surface area (Å²) in [7, 11) is 0. The molecular formula is C23H22O4. The molecule has 4 nitrogen and oxygen atoms in total. The van der Waals surface area contributed by atoms with Crippen LogP contribution in [0.15, 0.2) is 57.7 Å². The van der Waals surface area contributed by atoms with Crippen LogP contribution in [0.25, 0.3) is 11.0 Å². The number of benzene rings is 2. The Morgan fingerprint density at radius 2 is 1.74 bits per heavy atom. The highest BCUT2D eigenvalue weighted by Gasteiger charge is 2.19. The second kappa shape index (κ2) is 7.39. The van der Waals surface area contributed by atoms with Gasteiger partial charge in [-0.1, -0.05) is 36.8 Å². The molecule has 1 aliphatic rings. The van der Waals surface area contributed by atoms with Gasteiger partial charge in [-0.3, -0.25) is 4.79 Å². The van der Waals surface area contributed by atoms with Gasteiger partial charge >= 0.3 is 5.63 Å². The summed E-state index contributed by atoms with van der Waals surface area (Å²) >= 11 is 0. The summed E-state index contributed by atoms with van der Waals surface area (Å²) in [6, 6.07) is 14.6. The average molecular weight is 362 g/mol. The smallest absolute Gasteiger partial charge is 0.339 e. The molecule has 0 fully saturated rings. The number of carbonyl (C=O) groups is 1. The predicted molar refractivity (Wildman–Crippen MR) is 105 cm³/mol. The van der Waals surface area contributed by atoms with Crippen LogP contribution in [0.2, 0.25) is 0 Å². The molecule has 1 unspecified atom stereocenters. The van der Waals surface area contributed by atoms with E-state index in [0.29, 0.717) is 16.9 Å². The highest BCUT2D eigenvalue weighted by molar-refractivity contribution is 5.99. The minimum atomic E-state index is -0.627. The Balaban J connectivity index is 1.64. The molecule has 27 heavy (non-hydrogen) atoms. The van der Waals surface area contributed by atoms with Gasteiger partial charge in [-0.2, -0.15) is 0 Å². The summed E-state index contributed by atoms with van der Waals surface area (Å²) < 4.78 is 11.4. The lowest BCUT2D eigenvalue weighted by Gasteiger charge is -2.15. The van der Waals surface area contributed by atoms with Gasteiger partial charge in [0.25, 0.3) is 0 Å². The number of fused-ring (bicyclic) bond motifs is 3. The fourth-order valence-electron chi connectivity index (χ4n) is 3.77. The average Bonchev–Trinajstić information content (AvgIpc) is 2.95. The number of rotatable bonds is 4. The first kappa shape index (κ1) is 17.5. The van der Waals surface area contributed by atoms with Gasteiger partial charge in [0.05, 0.1) is 0 Å². The number of aryl methyl sites for hydroxylation is 1. The van der Waals surface area contributed by atoms with Gasteiger partial charge in [-0.05, 0) is 50.3 Å². The quantitative estimate of drug-likeness (QED) is 0.383. The molecule has 3 aromatic rings. The number of carbonyl (C=O) groups excluding carboxylic acids is 1. The van der Waals surface area contributed by atoms with Crippen LogP contribution in [0.1, 0.15) is 47.7 Å². The van der Waals surface area contributed by atoms with E-state index in [1.807, 2.05) is 30.3 Å². The van der Waals surface area contributed by atoms with Crippen LogP contribution in [0, 0.1) is 0 Å². The van der Waals surface area contributed by atoms with E-state index in [0.717, 1.165) is 48.6 Å². The normalized spacial score (nSPS) is 15.0. The predicted octanol–water partition coefficient (Wildman–Crippen LogP) is 4.71. The molecule has 1 heterocycles. The Bertz CT molecular complexity index is 1030. The first-order valence-corrected chi connectivity index (χ1v) is 9.48. The number of ether oxygens (including phenoxy) is 1. The van der Waals surface area contributed by atoms with Crippen molar-refractivity contribution < 1.29 is 13.9 Å². The third-order valence-electron chi connectivity index (χ3n) is 5.19. The van der Waals surface area contributed by atoms with Crippen molar-refractivity contribution in [2.45, 2.75) is 45.1 Å². The standard InChI is InChI=1S/C23H22O4/c1-15(22(24)16-8-4-2-5-9-16)26-17-12-13-19-18-10-6-3-7-11-20(18)23(25)27-21(19)14-17/h2,4-5,8-9,12-15H,3,6-7,10-11H2,1H3. The van der Waals surface area contributed by atoms with Crippen molar-refractivity contribution in [2.24, 2.45) is 0 Å². The molecule has 138 valence electrons. The van der Waals surface area contributed by atoms with E-state index in [-0.39, 0.29) is 11.4 Å². The topological polar surface area (TPSA) is 56.5 Å². The number of hydrogen-bond acceptors (Lipinski definition) is 4. The van der Waals surface area contributed by atoms with Crippen molar-refractivity contribution in [1.29, 1.82) is 0 Å². The third-order valence-corrected chi connectivity index (χ3v) is 5.19. The molecule has 0 amide bonds. The summed E-state index contributed by atoms with van der Waals surface area (Å²) in [4.78, 5) is 24.9. The number of hydrogen-bond donors (Lipinski definition) is 0. The molecule has 0 bridgehead atoms. The highest BCUT2D eigenvalue weighted by atomic mass is 16.5. The zero-order chi connectivity index (χ0) is 18.8. The van der Waals surface area contributed by atoms with E-state index in [1.54, 1.807) is 25.1 Å². The van der Waals surface area contributed by atoms with Crippen molar-refractivity contribution in [3.8, 4) is 5.75 Å². The van der Waals surface area contributed by atoms with Gasteiger partial charge in [0.2, 0.25) is 5.78 Å². The summed E-state index contributed by atoms with van der Waals surface area (Å²) in [6.45, 7) is 1.73. The van der Waals surface area contributed by atoms with Gasteiger partial charge in [-0.25, -0.2) is 4.79 Å². The number of ketones is 1. The van der Waals surface area contributed by atoms with Crippen LogP contribution < -0.4 is 10.4 Å². The third kappa shape index (κ3) is 3.52. The molecule has 2 aromatic carbocycles. The molecule has 0 saturated carbocycles. The van der Waals surface area contributed by atoms with E-state index >= 15 is 0 Å². The lowest BCUT2D eigenvalue weighted by atomic mass is 10.0. The maximum absolute atomic E-state index is 12.5. The lowest BCUT2D eigenvalue weighted by molar-refractivity contribution is 0.0818. The molecule has 4 heteroatoms. The van der Waals surface area contributed by atoms with Crippen LogP contribution in [-0.2, 0) is 12.8 Å². The van der Waals surface area contributed by atoms with Crippen molar-refractivity contribution >= 4 is 16.8 Å². The minimum absolute atomic E-state index is 0.0842. The fraction of sp³-hybridized carbons (Fsp3) is 0.304. The monoisotopic (exact) mass is 362 g/mol. The van der Waals surface area contributed by atoms with Crippen LogP contribution in [0.3, 0.4) is 0 Å². The molecule has 1 aliphatic carbocycles. The Morgan fingerprint density at radius 1 is 1.00 bits per heavy atom. The molecule has 1 atom stereocenters. The Morgan fingerprint density at radius 3 is 2.52 bits per heavy atom. The van der Waals surface area contributed by atoms with E-state index in [1.165, 1.54) is 0 Å². The molecular weight excluding hydrogens is 340 g/mol. The molecule has 0 aliphatic heterocycles. The first-order chi connectivity index (χ1) is 13.1. The Hall–Kier alpha value is -2.88. The zero-order valence-electron chi connectivity index (χ0n) is 15.4. The number of Topliss-reactive ketones (excluding diaryl/α,β-unsaturated/α-hetero) is 1. The lowest BCUT2D eigenvalue weighted by Crippen LogP contribution is -2.23. The molecule has 0 radical (unpaired) electrons. The second-order valence-corrected chi connectivity index (χ2v) is 7.06. The van der Waals surface area contributed by atoms with Crippen LogP contribution in [0.5, 0.6) is 5.75 Å². The van der Waals surface area contributed by atoms with Crippen LogP contribution >= 0.6 is 0 Å². The minimum Gasteiger partial charge on any atom is -0.482 e. The van der Waals surface area contributed by atoms with Crippen LogP contribution in [0.4, 0.5) is 0 Å². The maximum Gasteiger partial charge on any atom is 0.339 e. The summed E-state index contributed by atoms with van der Waals surface area (Å²) in [5, 5.41) is 0.973. The molecule has 0 spiro atoms. The highest BCUT2D eigenvalue weighted by Crippen LogP contribution is 2.29.